The van der Waals surface area contributed by atoms with Crippen molar-refractivity contribution < 1.29 is 8.42 Å². The van der Waals surface area contributed by atoms with Crippen LogP contribution in [0, 0.1) is 0 Å². The molecule has 0 fully saturated rings. The van der Waals surface area contributed by atoms with Gasteiger partial charge in [-0.25, -0.2) is 8.42 Å². The number of sulfone groups is 1. The van der Waals surface area contributed by atoms with Gasteiger partial charge >= 0.3 is 0 Å². The molecule has 0 spiro atoms. The Kier molecular flexibility index (Phi) is 5.32. The van der Waals surface area contributed by atoms with E-state index in [1.165, 1.54) is 6.08 Å². The second kappa shape index (κ2) is 6.10. The van der Waals surface area contributed by atoms with Gasteiger partial charge in [-0.2, -0.15) is 0 Å². The van der Waals surface area contributed by atoms with E-state index in [2.05, 4.69) is 0 Å². The van der Waals surface area contributed by atoms with Crippen molar-refractivity contribution in [1.29, 1.82) is 0 Å². The number of rotatable bonds is 4. The van der Waals surface area contributed by atoms with Crippen molar-refractivity contribution >= 4 is 44.6 Å². The van der Waals surface area contributed by atoms with E-state index in [-0.39, 0.29) is 12.2 Å². The molecule has 0 aromatic heterocycles. The van der Waals surface area contributed by atoms with Crippen LogP contribution in [0.4, 0.5) is 0 Å². The predicted molar refractivity (Wildman–Crippen MR) is 72.5 cm³/mol. The first kappa shape index (κ1) is 14.8. The van der Waals surface area contributed by atoms with Crippen molar-refractivity contribution in [3.63, 3.8) is 0 Å². The average Bonchev–Trinajstić information content (AvgIpc) is 2.25. The Bertz CT molecular complexity index is 475. The molecular formula is C11H11Cl3O2S. The van der Waals surface area contributed by atoms with Crippen molar-refractivity contribution in [3.8, 4) is 0 Å². The molecule has 0 saturated heterocycles. The number of hydrogen-bond acceptors (Lipinski definition) is 2. The van der Waals surface area contributed by atoms with Crippen LogP contribution in [0.2, 0.25) is 0 Å². The molecule has 0 saturated carbocycles. The van der Waals surface area contributed by atoms with E-state index in [0.717, 1.165) is 0 Å². The molecule has 0 amide bonds. The van der Waals surface area contributed by atoms with E-state index in [0.29, 0.717) is 4.90 Å². The Labute approximate surface area is 116 Å². The number of halogens is 3. The lowest BCUT2D eigenvalue weighted by Gasteiger charge is -2.05. The molecular weight excluding hydrogens is 303 g/mol. The summed E-state index contributed by atoms with van der Waals surface area (Å²) in [6.07, 6.45) is 3.22. The van der Waals surface area contributed by atoms with E-state index in [4.69, 9.17) is 34.8 Å². The Balaban J connectivity index is 2.64. The van der Waals surface area contributed by atoms with E-state index < -0.39 is 13.6 Å². The minimum atomic E-state index is -3.29. The molecule has 0 unspecified atom stereocenters. The number of hydrogen-bond donors (Lipinski definition) is 0. The molecule has 1 aromatic carbocycles. The minimum absolute atomic E-state index is 0.0994. The fourth-order valence-electron chi connectivity index (χ4n) is 1.14. The molecule has 0 heterocycles. The topological polar surface area (TPSA) is 34.1 Å². The molecule has 2 nitrogen and oxygen atoms in total. The summed E-state index contributed by atoms with van der Waals surface area (Å²) in [6.45, 7) is 0. The number of allylic oxidation sites excluding steroid dienone is 1. The lowest BCUT2D eigenvalue weighted by atomic mass is 10.4. The summed E-state index contributed by atoms with van der Waals surface area (Å²) in [5.74, 6) is -0.0994. The molecule has 0 aliphatic carbocycles. The average molecular weight is 314 g/mol. The van der Waals surface area contributed by atoms with Crippen LogP contribution >= 0.6 is 34.8 Å². The van der Waals surface area contributed by atoms with Gasteiger partial charge in [0.2, 0.25) is 0 Å². The summed E-state index contributed by atoms with van der Waals surface area (Å²) in [6, 6.07) is 8.23. The highest BCUT2D eigenvalue weighted by Gasteiger charge is 2.17. The van der Waals surface area contributed by atoms with Crippen LogP contribution in [0.3, 0.4) is 0 Å². The summed E-state index contributed by atoms with van der Waals surface area (Å²) >= 11 is 16.6. The van der Waals surface area contributed by atoms with Crippen LogP contribution in [0.15, 0.2) is 47.4 Å². The SMILES string of the molecule is O=S(=O)(C/C=C/CC(Cl)(Cl)Cl)c1ccccc1. The van der Waals surface area contributed by atoms with Crippen LogP contribution in [0.5, 0.6) is 0 Å². The van der Waals surface area contributed by atoms with E-state index in [1.807, 2.05) is 0 Å². The van der Waals surface area contributed by atoms with Gasteiger partial charge in [0.1, 0.15) is 0 Å². The third kappa shape index (κ3) is 5.77. The first-order valence-corrected chi connectivity index (χ1v) is 7.59. The Morgan fingerprint density at radius 1 is 1.06 bits per heavy atom. The third-order valence-electron chi connectivity index (χ3n) is 1.93. The van der Waals surface area contributed by atoms with Gasteiger partial charge in [-0.3, -0.25) is 0 Å². The smallest absolute Gasteiger partial charge is 0.194 e. The molecule has 6 heteroatoms. The van der Waals surface area contributed by atoms with Crippen LogP contribution in [0.25, 0.3) is 0 Å². The zero-order valence-corrected chi connectivity index (χ0v) is 11.9. The normalized spacial score (nSPS) is 13.1. The number of alkyl halides is 3. The highest BCUT2D eigenvalue weighted by Crippen LogP contribution is 2.30. The first-order chi connectivity index (χ1) is 7.81. The van der Waals surface area contributed by atoms with Gasteiger partial charge in [0.05, 0.1) is 10.6 Å². The maximum atomic E-state index is 11.8. The summed E-state index contributed by atoms with van der Waals surface area (Å²) < 4.78 is 22.2. The predicted octanol–water partition coefficient (Wildman–Crippen LogP) is 3.78. The van der Waals surface area contributed by atoms with Gasteiger partial charge in [0, 0.05) is 6.42 Å². The molecule has 0 aliphatic rings. The summed E-state index contributed by atoms with van der Waals surface area (Å²) in [5.41, 5.74) is 0. The van der Waals surface area contributed by atoms with E-state index in [1.54, 1.807) is 36.4 Å². The largest absolute Gasteiger partial charge is 0.223 e. The lowest BCUT2D eigenvalue weighted by Crippen LogP contribution is -2.05. The highest BCUT2D eigenvalue weighted by atomic mass is 35.6. The Morgan fingerprint density at radius 2 is 1.65 bits per heavy atom. The third-order valence-corrected chi connectivity index (χ3v) is 4.02. The van der Waals surface area contributed by atoms with Gasteiger partial charge in [-0.05, 0) is 12.1 Å². The minimum Gasteiger partial charge on any atom is -0.223 e. The van der Waals surface area contributed by atoms with Crippen molar-refractivity contribution in [2.75, 3.05) is 5.75 Å². The lowest BCUT2D eigenvalue weighted by molar-refractivity contribution is 0.599. The second-order valence-electron chi connectivity index (χ2n) is 3.39. The molecule has 0 atom stereocenters. The molecule has 0 radical (unpaired) electrons. The van der Waals surface area contributed by atoms with Crippen molar-refractivity contribution in [2.45, 2.75) is 15.1 Å². The van der Waals surface area contributed by atoms with Crippen molar-refractivity contribution in [3.05, 3.63) is 42.5 Å². The molecule has 0 N–H and O–H groups in total. The Morgan fingerprint density at radius 3 is 2.18 bits per heavy atom. The fraction of sp³-hybridized carbons (Fsp3) is 0.273. The van der Waals surface area contributed by atoms with Gasteiger partial charge in [0.25, 0.3) is 0 Å². The quantitative estimate of drug-likeness (QED) is 0.626. The zero-order chi connectivity index (χ0) is 12.9. The molecule has 1 rings (SSSR count). The van der Waals surface area contributed by atoms with Crippen LogP contribution in [-0.4, -0.2) is 18.0 Å². The van der Waals surface area contributed by atoms with E-state index in [9.17, 15) is 8.42 Å². The molecule has 0 bridgehead atoms. The second-order valence-corrected chi connectivity index (χ2v) is 7.94. The molecule has 94 valence electrons. The van der Waals surface area contributed by atoms with Crippen molar-refractivity contribution in [1.82, 2.24) is 0 Å². The van der Waals surface area contributed by atoms with Gasteiger partial charge in [0.15, 0.2) is 13.6 Å². The van der Waals surface area contributed by atoms with Gasteiger partial charge < -0.3 is 0 Å². The van der Waals surface area contributed by atoms with E-state index >= 15 is 0 Å². The number of benzene rings is 1. The Hall–Kier alpha value is -0.220. The first-order valence-electron chi connectivity index (χ1n) is 4.81. The highest BCUT2D eigenvalue weighted by molar-refractivity contribution is 7.91. The van der Waals surface area contributed by atoms with Gasteiger partial charge in [-0.15, -0.1) is 0 Å². The summed E-state index contributed by atoms with van der Waals surface area (Å²) in [4.78, 5) is 0.290. The van der Waals surface area contributed by atoms with Crippen LogP contribution < -0.4 is 0 Å². The summed E-state index contributed by atoms with van der Waals surface area (Å²) in [5, 5.41) is 0. The molecule has 1 aromatic rings. The monoisotopic (exact) mass is 312 g/mol. The molecule has 0 aliphatic heterocycles. The van der Waals surface area contributed by atoms with Crippen LogP contribution in [0.1, 0.15) is 6.42 Å². The van der Waals surface area contributed by atoms with Crippen molar-refractivity contribution in [2.24, 2.45) is 0 Å². The summed E-state index contributed by atoms with van der Waals surface area (Å²) in [7, 11) is -3.29. The van der Waals surface area contributed by atoms with Crippen LogP contribution in [-0.2, 0) is 9.84 Å². The van der Waals surface area contributed by atoms with Gasteiger partial charge in [-0.1, -0.05) is 65.2 Å². The molecule has 17 heavy (non-hydrogen) atoms. The fourth-order valence-corrected chi connectivity index (χ4v) is 2.56. The standard InChI is InChI=1S/C11H11Cl3O2S/c12-11(13,14)8-4-5-9-17(15,16)10-6-2-1-3-7-10/h1-7H,8-9H2/b5-4+. The maximum Gasteiger partial charge on any atom is 0.194 e. The maximum absolute atomic E-state index is 11.8. The zero-order valence-electron chi connectivity index (χ0n) is 8.81.